The Morgan fingerprint density at radius 1 is 1.05 bits per heavy atom. The van der Waals surface area contributed by atoms with E-state index < -0.39 is 6.04 Å². The average molecular weight is 287 g/mol. The molecule has 1 aromatic heterocycles. The van der Waals surface area contributed by atoms with Crippen LogP contribution in [0, 0.1) is 0 Å². The second-order valence-electron chi connectivity index (χ2n) is 5.64. The Bertz CT molecular complexity index is 646. The number of hydrogen-bond acceptors (Lipinski definition) is 4. The number of hydrogen-bond donors (Lipinski definition) is 3. The van der Waals surface area contributed by atoms with Crippen LogP contribution in [0.15, 0.2) is 30.3 Å². The monoisotopic (exact) mass is 287 g/mol. The second kappa shape index (κ2) is 4.51. The molecular formula is C16H17NO4. The van der Waals surface area contributed by atoms with E-state index >= 15 is 0 Å². The first-order chi connectivity index (χ1) is 10.2. The summed E-state index contributed by atoms with van der Waals surface area (Å²) in [7, 11) is 0. The lowest BCUT2D eigenvalue weighted by Gasteiger charge is -2.20. The van der Waals surface area contributed by atoms with Gasteiger partial charge in [0.1, 0.15) is 0 Å². The molecule has 1 saturated heterocycles. The summed E-state index contributed by atoms with van der Waals surface area (Å²) in [6, 6.07) is 8.87. The topological polar surface area (TPSA) is 74.9 Å². The largest absolute Gasteiger partial charge is 0.494 e. The summed E-state index contributed by atoms with van der Waals surface area (Å²) in [6.07, 6.45) is 1.47. The maximum Gasteiger partial charge on any atom is 0.200 e. The molecule has 3 N–H and O–H groups in total. The highest BCUT2D eigenvalue weighted by molar-refractivity contribution is 5.53. The maximum absolute atomic E-state index is 10.5. The normalized spacial score (nSPS) is 24.2. The van der Waals surface area contributed by atoms with Crippen LogP contribution in [0.2, 0.25) is 0 Å². The first-order valence-corrected chi connectivity index (χ1v) is 7.19. The van der Waals surface area contributed by atoms with Gasteiger partial charge in [-0.15, -0.1) is 0 Å². The molecule has 110 valence electrons. The first-order valence-electron chi connectivity index (χ1n) is 7.19. The van der Waals surface area contributed by atoms with E-state index in [9.17, 15) is 15.3 Å². The van der Waals surface area contributed by atoms with E-state index in [1.807, 2.05) is 30.3 Å². The van der Waals surface area contributed by atoms with E-state index in [4.69, 9.17) is 4.74 Å². The third-order valence-electron chi connectivity index (χ3n) is 4.56. The fourth-order valence-electron chi connectivity index (χ4n) is 3.60. The van der Waals surface area contributed by atoms with Crippen LogP contribution in [0.4, 0.5) is 0 Å². The molecule has 4 rings (SSSR count). The fraction of sp³-hybridized carbons (Fsp3) is 0.375. The van der Waals surface area contributed by atoms with Gasteiger partial charge in [-0.2, -0.15) is 0 Å². The van der Waals surface area contributed by atoms with E-state index in [0.29, 0.717) is 11.1 Å². The molecule has 2 bridgehead atoms. The minimum absolute atomic E-state index is 0.0117. The Morgan fingerprint density at radius 3 is 2.14 bits per heavy atom. The van der Waals surface area contributed by atoms with Gasteiger partial charge >= 0.3 is 0 Å². The quantitative estimate of drug-likeness (QED) is 0.810. The molecule has 3 heterocycles. The minimum atomic E-state index is -0.504. The highest BCUT2D eigenvalue weighted by atomic mass is 16.5. The smallest absolute Gasteiger partial charge is 0.200 e. The molecule has 0 amide bonds. The zero-order chi connectivity index (χ0) is 14.6. The number of nitrogens with zero attached hydrogens (tertiary/aromatic N) is 1. The Labute approximate surface area is 122 Å². The van der Waals surface area contributed by atoms with Crippen LogP contribution in [-0.4, -0.2) is 26.5 Å². The first kappa shape index (κ1) is 12.7. The number of aliphatic hydroxyl groups excluding tert-OH is 1. The molecule has 1 aromatic carbocycles. The number of fused-ring (bicyclic) bond motifs is 5. The van der Waals surface area contributed by atoms with Crippen molar-refractivity contribution in [2.24, 2.45) is 0 Å². The standard InChI is InChI=1S/C16H17NO4/c18-8-10(9-4-2-1-3-5-9)17-15(19)13-11-6-7-12(21-11)14(13)16(17)20/h1-5,10-12,18-20H,6-8H2. The molecule has 2 aromatic rings. The molecule has 3 unspecified atom stereocenters. The van der Waals surface area contributed by atoms with Crippen molar-refractivity contribution in [3.8, 4) is 11.8 Å². The van der Waals surface area contributed by atoms with Gasteiger partial charge in [-0.25, -0.2) is 0 Å². The molecule has 0 radical (unpaired) electrons. The van der Waals surface area contributed by atoms with Crippen LogP contribution in [-0.2, 0) is 4.74 Å². The van der Waals surface area contributed by atoms with Crippen LogP contribution in [0.25, 0.3) is 0 Å². The number of ether oxygens (including phenoxy) is 1. The van der Waals surface area contributed by atoms with E-state index in [0.717, 1.165) is 18.4 Å². The third-order valence-corrected chi connectivity index (χ3v) is 4.56. The number of aromatic nitrogens is 1. The Hall–Kier alpha value is -1.98. The predicted octanol–water partition coefficient (Wildman–Crippen LogP) is 2.39. The van der Waals surface area contributed by atoms with Crippen molar-refractivity contribution in [2.45, 2.75) is 31.1 Å². The molecular weight excluding hydrogens is 270 g/mol. The summed E-state index contributed by atoms with van der Waals surface area (Å²) >= 11 is 0. The van der Waals surface area contributed by atoms with Crippen molar-refractivity contribution in [2.75, 3.05) is 6.61 Å². The highest BCUT2D eigenvalue weighted by Crippen LogP contribution is 2.58. The lowest BCUT2D eigenvalue weighted by Crippen LogP contribution is -2.14. The summed E-state index contributed by atoms with van der Waals surface area (Å²) in [5.74, 6) is 0.0233. The second-order valence-corrected chi connectivity index (χ2v) is 5.64. The van der Waals surface area contributed by atoms with Crippen LogP contribution >= 0.6 is 0 Å². The van der Waals surface area contributed by atoms with Crippen molar-refractivity contribution in [3.05, 3.63) is 47.0 Å². The summed E-state index contributed by atoms with van der Waals surface area (Å²) in [4.78, 5) is 0. The van der Waals surface area contributed by atoms with Gasteiger partial charge in [-0.3, -0.25) is 4.57 Å². The molecule has 0 aliphatic carbocycles. The third kappa shape index (κ3) is 1.65. The van der Waals surface area contributed by atoms with Crippen LogP contribution in [0.3, 0.4) is 0 Å². The lowest BCUT2D eigenvalue weighted by atomic mass is 9.95. The Balaban J connectivity index is 1.86. The van der Waals surface area contributed by atoms with Gasteiger partial charge in [-0.05, 0) is 18.4 Å². The molecule has 1 fully saturated rings. The molecule has 2 aliphatic rings. The van der Waals surface area contributed by atoms with Crippen molar-refractivity contribution in [1.82, 2.24) is 4.57 Å². The maximum atomic E-state index is 10.5. The molecule has 2 aliphatic heterocycles. The van der Waals surface area contributed by atoms with E-state index in [-0.39, 0.29) is 30.6 Å². The van der Waals surface area contributed by atoms with E-state index in [1.165, 1.54) is 4.57 Å². The zero-order valence-corrected chi connectivity index (χ0v) is 11.4. The highest BCUT2D eigenvalue weighted by Gasteiger charge is 2.46. The van der Waals surface area contributed by atoms with Gasteiger partial charge < -0.3 is 20.1 Å². The Kier molecular flexibility index (Phi) is 2.74. The van der Waals surface area contributed by atoms with Gasteiger partial charge in [0, 0.05) is 0 Å². The van der Waals surface area contributed by atoms with Gasteiger partial charge in [0.15, 0.2) is 0 Å². The molecule has 21 heavy (non-hydrogen) atoms. The number of aliphatic hydroxyl groups is 1. The van der Waals surface area contributed by atoms with Gasteiger partial charge in [0.05, 0.1) is 36.0 Å². The van der Waals surface area contributed by atoms with Crippen molar-refractivity contribution < 1.29 is 20.1 Å². The predicted molar refractivity (Wildman–Crippen MR) is 75.2 cm³/mol. The van der Waals surface area contributed by atoms with Crippen molar-refractivity contribution in [3.63, 3.8) is 0 Å². The minimum Gasteiger partial charge on any atom is -0.494 e. The SMILES string of the molecule is OCC(c1ccccc1)n1c(O)c2c(c1O)C1CCC2O1. The molecule has 5 nitrogen and oxygen atoms in total. The summed E-state index contributed by atoms with van der Waals surface area (Å²) in [5, 5.41) is 30.8. The number of benzene rings is 1. The van der Waals surface area contributed by atoms with Crippen LogP contribution in [0.5, 0.6) is 11.8 Å². The fourth-order valence-corrected chi connectivity index (χ4v) is 3.60. The van der Waals surface area contributed by atoms with E-state index in [1.54, 1.807) is 0 Å². The van der Waals surface area contributed by atoms with E-state index in [2.05, 4.69) is 0 Å². The summed E-state index contributed by atoms with van der Waals surface area (Å²) in [6.45, 7) is -0.200. The average Bonchev–Trinajstić information content (AvgIpc) is 3.18. The molecule has 5 heteroatoms. The summed E-state index contributed by atoms with van der Waals surface area (Å²) in [5.41, 5.74) is 2.23. The van der Waals surface area contributed by atoms with Crippen molar-refractivity contribution in [1.29, 1.82) is 0 Å². The number of aromatic hydroxyl groups is 2. The Morgan fingerprint density at radius 2 is 1.62 bits per heavy atom. The van der Waals surface area contributed by atoms with Gasteiger partial charge in [0.2, 0.25) is 11.8 Å². The van der Waals surface area contributed by atoms with Gasteiger partial charge in [-0.1, -0.05) is 30.3 Å². The molecule has 0 saturated carbocycles. The number of rotatable bonds is 3. The molecule has 0 spiro atoms. The molecule has 3 atom stereocenters. The van der Waals surface area contributed by atoms with Crippen LogP contribution < -0.4 is 0 Å². The summed E-state index contributed by atoms with van der Waals surface area (Å²) < 4.78 is 7.15. The van der Waals surface area contributed by atoms with Gasteiger partial charge in [0.25, 0.3) is 0 Å². The van der Waals surface area contributed by atoms with Crippen molar-refractivity contribution >= 4 is 0 Å². The zero-order valence-electron chi connectivity index (χ0n) is 11.4. The van der Waals surface area contributed by atoms with Crippen LogP contribution in [0.1, 0.15) is 47.8 Å². The lowest BCUT2D eigenvalue weighted by molar-refractivity contribution is 0.0672.